The summed E-state index contributed by atoms with van der Waals surface area (Å²) in [5.41, 5.74) is 0.00218. The fourth-order valence-electron chi connectivity index (χ4n) is 2.64. The van der Waals surface area contributed by atoms with E-state index in [2.05, 4.69) is 6.58 Å². The van der Waals surface area contributed by atoms with Crippen LogP contribution < -0.4 is 0 Å². The smallest absolute Gasteiger partial charge is 0.410 e. The van der Waals surface area contributed by atoms with Crippen molar-refractivity contribution in [1.82, 2.24) is 4.90 Å². The number of nitrogens with zero attached hydrogens (tertiary/aromatic N) is 1. The Hall–Kier alpha value is -1.56. The lowest BCUT2D eigenvalue weighted by atomic mass is 9.74. The van der Waals surface area contributed by atoms with E-state index in [9.17, 15) is 9.59 Å². The predicted octanol–water partition coefficient (Wildman–Crippen LogP) is 1.26. The van der Waals surface area contributed by atoms with E-state index in [1.807, 2.05) is 0 Å². The van der Waals surface area contributed by atoms with Crippen molar-refractivity contribution in [3.8, 4) is 0 Å². The van der Waals surface area contributed by atoms with Gasteiger partial charge in [0.15, 0.2) is 0 Å². The molecule has 0 radical (unpaired) electrons. The molecule has 0 aromatic rings. The number of ether oxygens (including phenoxy) is 2. The lowest BCUT2D eigenvalue weighted by Gasteiger charge is -2.52. The van der Waals surface area contributed by atoms with E-state index >= 15 is 0 Å². The Morgan fingerprint density at radius 1 is 1.53 bits per heavy atom. The van der Waals surface area contributed by atoms with Crippen LogP contribution in [0, 0.1) is 5.41 Å². The molecule has 1 amide bonds. The standard InChI is InChI=1S/C13H19NO5/c1-2-5-18-12(17)14-7-13(8-14)4-3-10(19-9-13)6-11(15)16/h2,10H,1,3-9H2,(H,15,16). The van der Waals surface area contributed by atoms with Gasteiger partial charge in [0.1, 0.15) is 6.61 Å². The molecule has 0 bridgehead atoms. The summed E-state index contributed by atoms with van der Waals surface area (Å²) in [6.45, 7) is 5.49. The van der Waals surface area contributed by atoms with Crippen molar-refractivity contribution >= 4 is 12.1 Å². The summed E-state index contributed by atoms with van der Waals surface area (Å²) in [7, 11) is 0. The predicted molar refractivity (Wildman–Crippen MR) is 66.8 cm³/mol. The molecule has 2 heterocycles. The number of likely N-dealkylation sites (tertiary alicyclic amines) is 1. The fourth-order valence-corrected chi connectivity index (χ4v) is 2.64. The van der Waals surface area contributed by atoms with Crippen molar-refractivity contribution < 1.29 is 24.2 Å². The number of aliphatic carboxylic acids is 1. The molecule has 0 aromatic heterocycles. The molecule has 0 aliphatic carbocycles. The number of hydrogen-bond donors (Lipinski definition) is 1. The molecule has 1 N–H and O–H groups in total. The first-order chi connectivity index (χ1) is 9.04. The van der Waals surface area contributed by atoms with Gasteiger partial charge < -0.3 is 19.5 Å². The Morgan fingerprint density at radius 3 is 2.79 bits per heavy atom. The molecule has 2 saturated heterocycles. The van der Waals surface area contributed by atoms with E-state index in [0.717, 1.165) is 12.8 Å². The largest absolute Gasteiger partial charge is 0.481 e. The highest BCUT2D eigenvalue weighted by atomic mass is 16.6. The summed E-state index contributed by atoms with van der Waals surface area (Å²) in [5, 5.41) is 8.71. The van der Waals surface area contributed by atoms with Gasteiger partial charge in [-0.3, -0.25) is 4.79 Å². The molecule has 0 aromatic carbocycles. The quantitative estimate of drug-likeness (QED) is 0.778. The number of carbonyl (C=O) groups excluding carboxylic acids is 1. The molecule has 2 rings (SSSR count). The summed E-state index contributed by atoms with van der Waals surface area (Å²) >= 11 is 0. The summed E-state index contributed by atoms with van der Waals surface area (Å²) in [6.07, 6.45) is 2.72. The maximum absolute atomic E-state index is 11.6. The number of carbonyl (C=O) groups is 2. The SMILES string of the molecule is C=CCOC(=O)N1CC2(CCC(CC(=O)O)OC2)C1. The zero-order chi connectivity index (χ0) is 13.9. The second kappa shape index (κ2) is 5.61. The highest BCUT2D eigenvalue weighted by Gasteiger charge is 2.48. The molecule has 6 nitrogen and oxygen atoms in total. The molecule has 2 aliphatic heterocycles. The average molecular weight is 269 g/mol. The van der Waals surface area contributed by atoms with Gasteiger partial charge in [0.05, 0.1) is 19.1 Å². The third-order valence-electron chi connectivity index (χ3n) is 3.66. The molecule has 6 heteroatoms. The van der Waals surface area contributed by atoms with Crippen molar-refractivity contribution in [2.75, 3.05) is 26.3 Å². The molecule has 106 valence electrons. The van der Waals surface area contributed by atoms with E-state index in [-0.39, 0.29) is 30.6 Å². The number of rotatable bonds is 4. The van der Waals surface area contributed by atoms with Crippen LogP contribution in [-0.4, -0.2) is 54.5 Å². The molecule has 1 spiro atoms. The third kappa shape index (κ3) is 3.26. The van der Waals surface area contributed by atoms with Crippen molar-refractivity contribution in [3.05, 3.63) is 12.7 Å². The minimum absolute atomic E-state index is 0.00218. The highest BCUT2D eigenvalue weighted by Crippen LogP contribution is 2.40. The van der Waals surface area contributed by atoms with Crippen LogP contribution in [0.1, 0.15) is 19.3 Å². The fraction of sp³-hybridized carbons (Fsp3) is 0.692. The first-order valence-electron chi connectivity index (χ1n) is 6.41. The second-order valence-corrected chi connectivity index (χ2v) is 5.29. The van der Waals surface area contributed by atoms with Crippen LogP contribution in [0.5, 0.6) is 0 Å². The van der Waals surface area contributed by atoms with E-state index in [1.165, 1.54) is 6.08 Å². The lowest BCUT2D eigenvalue weighted by Crippen LogP contribution is -2.62. The maximum Gasteiger partial charge on any atom is 0.410 e. The van der Waals surface area contributed by atoms with E-state index in [4.69, 9.17) is 14.6 Å². The van der Waals surface area contributed by atoms with Crippen LogP contribution >= 0.6 is 0 Å². The topological polar surface area (TPSA) is 76.1 Å². The zero-order valence-electron chi connectivity index (χ0n) is 10.8. The van der Waals surface area contributed by atoms with Gasteiger partial charge in [-0.15, -0.1) is 0 Å². The van der Waals surface area contributed by atoms with Crippen LogP contribution in [0.15, 0.2) is 12.7 Å². The number of carboxylic acid groups (broad SMARTS) is 1. The first kappa shape index (κ1) is 13.9. The Kier molecular flexibility index (Phi) is 4.09. The molecular weight excluding hydrogens is 250 g/mol. The molecule has 1 atom stereocenters. The monoisotopic (exact) mass is 269 g/mol. The number of carboxylic acids is 1. The summed E-state index contributed by atoms with van der Waals surface area (Å²) in [5.74, 6) is -0.829. The van der Waals surface area contributed by atoms with E-state index in [0.29, 0.717) is 19.7 Å². The molecule has 2 fully saturated rings. The van der Waals surface area contributed by atoms with Crippen LogP contribution in [0.2, 0.25) is 0 Å². The van der Waals surface area contributed by atoms with Gasteiger partial charge in [-0.1, -0.05) is 12.7 Å². The van der Waals surface area contributed by atoms with Crippen LogP contribution in [0.25, 0.3) is 0 Å². The van der Waals surface area contributed by atoms with Gasteiger partial charge in [-0.25, -0.2) is 4.79 Å². The van der Waals surface area contributed by atoms with Crippen molar-refractivity contribution in [1.29, 1.82) is 0 Å². The van der Waals surface area contributed by atoms with Crippen molar-refractivity contribution in [3.63, 3.8) is 0 Å². The Balaban J connectivity index is 1.73. The average Bonchev–Trinajstić information content (AvgIpc) is 2.33. The van der Waals surface area contributed by atoms with Gasteiger partial charge in [0, 0.05) is 18.5 Å². The minimum Gasteiger partial charge on any atom is -0.481 e. The van der Waals surface area contributed by atoms with Gasteiger partial charge in [-0.05, 0) is 12.8 Å². The Morgan fingerprint density at radius 2 is 2.26 bits per heavy atom. The van der Waals surface area contributed by atoms with Gasteiger partial charge >= 0.3 is 12.1 Å². The molecule has 1 unspecified atom stereocenters. The normalized spacial score (nSPS) is 24.6. The van der Waals surface area contributed by atoms with E-state index < -0.39 is 5.97 Å². The molecular formula is C13H19NO5. The van der Waals surface area contributed by atoms with Crippen LogP contribution in [-0.2, 0) is 14.3 Å². The molecule has 0 saturated carbocycles. The van der Waals surface area contributed by atoms with Gasteiger partial charge in [0.2, 0.25) is 0 Å². The first-order valence-corrected chi connectivity index (χ1v) is 6.41. The summed E-state index contributed by atoms with van der Waals surface area (Å²) in [6, 6.07) is 0. The van der Waals surface area contributed by atoms with Crippen molar-refractivity contribution in [2.45, 2.75) is 25.4 Å². The van der Waals surface area contributed by atoms with Crippen LogP contribution in [0.4, 0.5) is 4.79 Å². The van der Waals surface area contributed by atoms with E-state index in [1.54, 1.807) is 4.90 Å². The highest BCUT2D eigenvalue weighted by molar-refractivity contribution is 5.69. The maximum atomic E-state index is 11.6. The Bertz CT molecular complexity index is 365. The van der Waals surface area contributed by atoms with Gasteiger partial charge in [-0.2, -0.15) is 0 Å². The van der Waals surface area contributed by atoms with Crippen LogP contribution in [0.3, 0.4) is 0 Å². The van der Waals surface area contributed by atoms with Gasteiger partial charge in [0.25, 0.3) is 0 Å². The summed E-state index contributed by atoms with van der Waals surface area (Å²) < 4.78 is 10.5. The number of amides is 1. The lowest BCUT2D eigenvalue weighted by molar-refractivity contribution is -0.150. The molecule has 2 aliphatic rings. The third-order valence-corrected chi connectivity index (χ3v) is 3.66. The summed E-state index contributed by atoms with van der Waals surface area (Å²) in [4.78, 5) is 23.8. The minimum atomic E-state index is -0.829. The zero-order valence-corrected chi connectivity index (χ0v) is 10.8. The second-order valence-electron chi connectivity index (χ2n) is 5.29. The van der Waals surface area contributed by atoms with Crippen molar-refractivity contribution in [2.24, 2.45) is 5.41 Å². The number of hydrogen-bond acceptors (Lipinski definition) is 4. The molecule has 19 heavy (non-hydrogen) atoms. The Labute approximate surface area is 112 Å².